The van der Waals surface area contributed by atoms with Crippen molar-refractivity contribution in [3.05, 3.63) is 24.4 Å². The number of rotatable bonds is 5. The van der Waals surface area contributed by atoms with Crippen LogP contribution in [0.3, 0.4) is 0 Å². The maximum atomic E-state index is 4.00. The molecule has 0 bridgehead atoms. The van der Waals surface area contributed by atoms with Gasteiger partial charge in [0.1, 0.15) is 0 Å². The van der Waals surface area contributed by atoms with Crippen molar-refractivity contribution < 1.29 is 0 Å². The molecule has 1 aromatic heterocycles. The van der Waals surface area contributed by atoms with Crippen LogP contribution in [0, 0.1) is 0 Å². The van der Waals surface area contributed by atoms with Crippen LogP contribution in [0.2, 0.25) is 0 Å². The van der Waals surface area contributed by atoms with Gasteiger partial charge >= 0.3 is 0 Å². The standard InChI is InChI=1S/C11H15N3S/c1-15-6-2-5-12-10-3-4-11-9(7-10)8-13-14-11/h3-4,7-8,12H,2,5-6H2,1H3,(H,13,14). The smallest absolute Gasteiger partial charge is 0.0651 e. The summed E-state index contributed by atoms with van der Waals surface area (Å²) in [6.07, 6.45) is 5.19. The van der Waals surface area contributed by atoms with E-state index in [1.54, 1.807) is 0 Å². The van der Waals surface area contributed by atoms with Gasteiger partial charge in [0, 0.05) is 17.6 Å². The average Bonchev–Trinajstić information content (AvgIpc) is 2.71. The number of H-pyrrole nitrogens is 1. The quantitative estimate of drug-likeness (QED) is 0.763. The summed E-state index contributed by atoms with van der Waals surface area (Å²) in [7, 11) is 0. The highest BCUT2D eigenvalue weighted by Crippen LogP contribution is 2.16. The van der Waals surface area contributed by atoms with E-state index < -0.39 is 0 Å². The van der Waals surface area contributed by atoms with Gasteiger partial charge in [0.2, 0.25) is 0 Å². The van der Waals surface area contributed by atoms with E-state index in [2.05, 4.69) is 40.0 Å². The number of hydrogen-bond donors (Lipinski definition) is 2. The molecule has 0 radical (unpaired) electrons. The zero-order chi connectivity index (χ0) is 10.5. The predicted octanol–water partition coefficient (Wildman–Crippen LogP) is 2.73. The number of aromatic nitrogens is 2. The molecule has 0 aliphatic rings. The molecule has 0 atom stereocenters. The number of thioether (sulfide) groups is 1. The molecule has 3 nitrogen and oxygen atoms in total. The van der Waals surface area contributed by atoms with Crippen LogP contribution in [0.4, 0.5) is 5.69 Å². The van der Waals surface area contributed by atoms with Crippen LogP contribution < -0.4 is 5.32 Å². The van der Waals surface area contributed by atoms with E-state index in [0.717, 1.165) is 17.4 Å². The number of nitrogens with one attached hydrogen (secondary N) is 2. The molecule has 80 valence electrons. The van der Waals surface area contributed by atoms with Crippen molar-refractivity contribution in [1.82, 2.24) is 10.2 Å². The first-order valence-electron chi connectivity index (χ1n) is 5.06. The molecule has 1 heterocycles. The minimum atomic E-state index is 1.03. The molecular formula is C11H15N3S. The lowest BCUT2D eigenvalue weighted by Gasteiger charge is -2.05. The number of aromatic amines is 1. The van der Waals surface area contributed by atoms with Gasteiger partial charge in [0.15, 0.2) is 0 Å². The Morgan fingerprint density at radius 3 is 3.27 bits per heavy atom. The van der Waals surface area contributed by atoms with Crippen molar-refractivity contribution in [2.75, 3.05) is 23.9 Å². The molecule has 0 saturated heterocycles. The lowest BCUT2D eigenvalue weighted by molar-refractivity contribution is 0.994. The second kappa shape index (κ2) is 5.07. The van der Waals surface area contributed by atoms with Gasteiger partial charge in [0.05, 0.1) is 11.7 Å². The molecule has 0 unspecified atom stereocenters. The monoisotopic (exact) mass is 221 g/mol. The van der Waals surface area contributed by atoms with Gasteiger partial charge in [-0.25, -0.2) is 0 Å². The summed E-state index contributed by atoms with van der Waals surface area (Å²) in [4.78, 5) is 0. The molecule has 0 spiro atoms. The van der Waals surface area contributed by atoms with E-state index in [0.29, 0.717) is 0 Å². The van der Waals surface area contributed by atoms with Crippen LogP contribution in [0.5, 0.6) is 0 Å². The van der Waals surface area contributed by atoms with E-state index >= 15 is 0 Å². The fourth-order valence-electron chi connectivity index (χ4n) is 1.50. The molecule has 15 heavy (non-hydrogen) atoms. The minimum absolute atomic E-state index is 1.03. The summed E-state index contributed by atoms with van der Waals surface area (Å²) >= 11 is 1.89. The fraction of sp³-hybridized carbons (Fsp3) is 0.364. The summed E-state index contributed by atoms with van der Waals surface area (Å²) in [5.41, 5.74) is 2.26. The SMILES string of the molecule is CSCCCNc1ccc2[nH]ncc2c1. The molecule has 1 aromatic carbocycles. The normalized spacial score (nSPS) is 10.7. The molecule has 0 aliphatic carbocycles. The molecule has 0 aliphatic heterocycles. The lowest BCUT2D eigenvalue weighted by atomic mass is 10.2. The third-order valence-corrected chi connectivity index (χ3v) is 2.99. The Morgan fingerprint density at radius 2 is 2.40 bits per heavy atom. The largest absolute Gasteiger partial charge is 0.385 e. The van der Waals surface area contributed by atoms with Gasteiger partial charge in [-0.05, 0) is 36.6 Å². The first-order valence-corrected chi connectivity index (χ1v) is 6.45. The van der Waals surface area contributed by atoms with Crippen LogP contribution in [-0.4, -0.2) is 28.8 Å². The van der Waals surface area contributed by atoms with Crippen LogP contribution in [0.1, 0.15) is 6.42 Å². The zero-order valence-electron chi connectivity index (χ0n) is 8.79. The minimum Gasteiger partial charge on any atom is -0.385 e. The number of nitrogens with zero attached hydrogens (tertiary/aromatic N) is 1. The highest BCUT2D eigenvalue weighted by molar-refractivity contribution is 7.98. The molecule has 2 N–H and O–H groups in total. The summed E-state index contributed by atoms with van der Waals surface area (Å²) in [5, 5.41) is 11.5. The molecule has 2 aromatic rings. The maximum absolute atomic E-state index is 4.00. The van der Waals surface area contributed by atoms with Gasteiger partial charge in [-0.2, -0.15) is 16.9 Å². The molecule has 0 saturated carbocycles. The Hall–Kier alpha value is -1.16. The first kappa shape index (κ1) is 10.4. The Kier molecular flexibility index (Phi) is 3.50. The van der Waals surface area contributed by atoms with Crippen molar-refractivity contribution in [3.8, 4) is 0 Å². The predicted molar refractivity (Wildman–Crippen MR) is 67.6 cm³/mol. The second-order valence-corrected chi connectivity index (χ2v) is 4.43. The van der Waals surface area contributed by atoms with E-state index in [1.165, 1.54) is 17.9 Å². The molecular weight excluding hydrogens is 206 g/mol. The number of hydrogen-bond acceptors (Lipinski definition) is 3. The van der Waals surface area contributed by atoms with Crippen molar-refractivity contribution in [3.63, 3.8) is 0 Å². The topological polar surface area (TPSA) is 40.7 Å². The Labute approximate surface area is 93.6 Å². The van der Waals surface area contributed by atoms with Gasteiger partial charge in [0.25, 0.3) is 0 Å². The Balaban J connectivity index is 1.96. The molecule has 0 amide bonds. The van der Waals surface area contributed by atoms with E-state index in [9.17, 15) is 0 Å². The van der Waals surface area contributed by atoms with Crippen molar-refractivity contribution in [1.29, 1.82) is 0 Å². The fourth-order valence-corrected chi connectivity index (χ4v) is 1.93. The zero-order valence-corrected chi connectivity index (χ0v) is 9.60. The van der Waals surface area contributed by atoms with Crippen LogP contribution >= 0.6 is 11.8 Å². The highest BCUT2D eigenvalue weighted by Gasteiger charge is 1.96. The maximum Gasteiger partial charge on any atom is 0.0651 e. The van der Waals surface area contributed by atoms with Gasteiger partial charge in [-0.3, -0.25) is 5.10 Å². The summed E-state index contributed by atoms with van der Waals surface area (Å²) in [6.45, 7) is 1.03. The summed E-state index contributed by atoms with van der Waals surface area (Å²) < 4.78 is 0. The second-order valence-electron chi connectivity index (χ2n) is 3.45. The van der Waals surface area contributed by atoms with Crippen molar-refractivity contribution in [2.24, 2.45) is 0 Å². The average molecular weight is 221 g/mol. The van der Waals surface area contributed by atoms with Crippen molar-refractivity contribution in [2.45, 2.75) is 6.42 Å². The van der Waals surface area contributed by atoms with E-state index in [-0.39, 0.29) is 0 Å². The highest BCUT2D eigenvalue weighted by atomic mass is 32.2. The van der Waals surface area contributed by atoms with Crippen LogP contribution in [0.25, 0.3) is 10.9 Å². The molecule has 0 fully saturated rings. The van der Waals surface area contributed by atoms with Gasteiger partial charge < -0.3 is 5.32 Å². The van der Waals surface area contributed by atoms with E-state index in [4.69, 9.17) is 0 Å². The number of fused-ring (bicyclic) bond motifs is 1. The number of benzene rings is 1. The Bertz CT molecular complexity index is 424. The van der Waals surface area contributed by atoms with Crippen molar-refractivity contribution >= 4 is 28.4 Å². The van der Waals surface area contributed by atoms with E-state index in [1.807, 2.05) is 18.0 Å². The van der Waals surface area contributed by atoms with Gasteiger partial charge in [-0.15, -0.1) is 0 Å². The van der Waals surface area contributed by atoms with Gasteiger partial charge in [-0.1, -0.05) is 0 Å². The number of anilines is 1. The molecule has 4 heteroatoms. The third kappa shape index (κ3) is 2.65. The summed E-state index contributed by atoms with van der Waals surface area (Å²) in [5.74, 6) is 1.21. The molecule has 2 rings (SSSR count). The van der Waals surface area contributed by atoms with Crippen LogP contribution in [0.15, 0.2) is 24.4 Å². The lowest BCUT2D eigenvalue weighted by Crippen LogP contribution is -2.01. The third-order valence-electron chi connectivity index (χ3n) is 2.29. The van der Waals surface area contributed by atoms with Crippen LogP contribution in [-0.2, 0) is 0 Å². The summed E-state index contributed by atoms with van der Waals surface area (Å²) in [6, 6.07) is 6.26. The first-order chi connectivity index (χ1) is 7.40. The Morgan fingerprint density at radius 1 is 1.47 bits per heavy atom.